The summed E-state index contributed by atoms with van der Waals surface area (Å²) in [7, 11) is 4.68. The van der Waals surface area contributed by atoms with Gasteiger partial charge in [0.25, 0.3) is 0 Å². The van der Waals surface area contributed by atoms with Crippen LogP contribution in [0, 0.1) is 0 Å². The van der Waals surface area contributed by atoms with E-state index in [0.29, 0.717) is 29.6 Å². The monoisotopic (exact) mass is 526 g/mol. The number of aromatic nitrogens is 1. The highest BCUT2D eigenvalue weighted by molar-refractivity contribution is 14.0. The molecule has 0 atom stereocenters. The lowest BCUT2D eigenvalue weighted by atomic mass is 10.2. The van der Waals surface area contributed by atoms with Gasteiger partial charge in [-0.3, -0.25) is 4.99 Å². The number of nitrogens with one attached hydrogen (secondary N) is 2. The third-order valence-electron chi connectivity index (χ3n) is 3.51. The molecule has 2 rings (SSSR count). The molecule has 0 amide bonds. The van der Waals surface area contributed by atoms with Crippen molar-refractivity contribution in [1.29, 1.82) is 0 Å². The summed E-state index contributed by atoms with van der Waals surface area (Å²) in [5.74, 6) is 1.52. The number of hydrogen-bond donors (Lipinski definition) is 2. The van der Waals surface area contributed by atoms with Crippen molar-refractivity contribution in [1.82, 2.24) is 10.3 Å². The van der Waals surface area contributed by atoms with Crippen LogP contribution >= 0.6 is 24.0 Å². The smallest absolute Gasteiger partial charge is 0.422 e. The van der Waals surface area contributed by atoms with E-state index in [1.54, 1.807) is 38.4 Å². The number of benzene rings is 1. The van der Waals surface area contributed by atoms with Gasteiger partial charge in [0.1, 0.15) is 0 Å². The molecule has 11 heteroatoms. The molecule has 0 saturated carbocycles. The van der Waals surface area contributed by atoms with Crippen LogP contribution in [-0.4, -0.2) is 45.0 Å². The lowest BCUT2D eigenvalue weighted by Gasteiger charge is -2.14. The van der Waals surface area contributed by atoms with Crippen molar-refractivity contribution in [3.8, 4) is 17.4 Å². The van der Waals surface area contributed by atoms with Gasteiger partial charge in [-0.1, -0.05) is 0 Å². The minimum absolute atomic E-state index is 0. The number of methoxy groups -OCH3 is 2. The average molecular weight is 526 g/mol. The molecule has 0 bridgehead atoms. The first-order chi connectivity index (χ1) is 13.3. The quantitative estimate of drug-likeness (QED) is 0.325. The number of aliphatic imine (C=N–C) groups is 1. The maximum atomic E-state index is 12.2. The zero-order valence-corrected chi connectivity index (χ0v) is 18.4. The number of rotatable bonds is 7. The average Bonchev–Trinajstić information content (AvgIpc) is 2.69. The number of ether oxygens (including phenoxy) is 3. The molecule has 160 valence electrons. The van der Waals surface area contributed by atoms with E-state index in [2.05, 4.69) is 25.3 Å². The number of pyridine rings is 1. The van der Waals surface area contributed by atoms with Gasteiger partial charge >= 0.3 is 6.18 Å². The fraction of sp³-hybridized carbons (Fsp3) is 0.333. The second-order valence-corrected chi connectivity index (χ2v) is 5.53. The summed E-state index contributed by atoms with van der Waals surface area (Å²) in [6.45, 7) is -1.09. The molecule has 0 aliphatic carbocycles. The van der Waals surface area contributed by atoms with Crippen LogP contribution in [0.25, 0.3) is 0 Å². The van der Waals surface area contributed by atoms with E-state index in [1.165, 1.54) is 19.4 Å². The van der Waals surface area contributed by atoms with Gasteiger partial charge in [-0.25, -0.2) is 4.98 Å². The molecule has 2 N–H and O–H groups in total. The summed E-state index contributed by atoms with van der Waals surface area (Å²) >= 11 is 0. The Labute approximate surface area is 183 Å². The Balaban J connectivity index is 0.00000420. The van der Waals surface area contributed by atoms with Crippen LogP contribution in [0.4, 0.5) is 18.9 Å². The van der Waals surface area contributed by atoms with Crippen molar-refractivity contribution in [3.05, 3.63) is 42.1 Å². The fourth-order valence-electron chi connectivity index (χ4n) is 2.21. The molecule has 29 heavy (non-hydrogen) atoms. The molecule has 0 fully saturated rings. The molecule has 2 aromatic rings. The summed E-state index contributed by atoms with van der Waals surface area (Å²) in [5, 5.41) is 6.15. The normalized spacial score (nSPS) is 11.3. The van der Waals surface area contributed by atoms with Gasteiger partial charge < -0.3 is 24.8 Å². The predicted molar refractivity (Wildman–Crippen MR) is 115 cm³/mol. The summed E-state index contributed by atoms with van der Waals surface area (Å²) in [4.78, 5) is 7.89. The Bertz CT molecular complexity index is 819. The second kappa shape index (κ2) is 11.5. The zero-order chi connectivity index (χ0) is 20.6. The maximum Gasteiger partial charge on any atom is 0.422 e. The lowest BCUT2D eigenvalue weighted by molar-refractivity contribution is -0.154. The van der Waals surface area contributed by atoms with Crippen LogP contribution in [0.1, 0.15) is 5.56 Å². The van der Waals surface area contributed by atoms with E-state index >= 15 is 0 Å². The van der Waals surface area contributed by atoms with E-state index < -0.39 is 12.8 Å². The Hall–Kier alpha value is -2.44. The third kappa shape index (κ3) is 8.21. The summed E-state index contributed by atoms with van der Waals surface area (Å²) < 4.78 is 51.8. The highest BCUT2D eigenvalue weighted by Gasteiger charge is 2.28. The Morgan fingerprint density at radius 3 is 2.45 bits per heavy atom. The van der Waals surface area contributed by atoms with Crippen molar-refractivity contribution in [2.45, 2.75) is 12.7 Å². The molecule has 0 aliphatic heterocycles. The standard InChI is InChI=1S/C18H21F3N4O3.HI/c1-22-17(25-13-4-5-14(26-2)15(9-13)27-3)24-10-12-6-7-23-16(8-12)28-11-18(19,20)21;/h4-9H,10-11H2,1-3H3,(H2,22,24,25);1H. The number of guanidine groups is 1. The number of anilines is 1. The number of alkyl halides is 3. The molecule has 1 aromatic carbocycles. The van der Waals surface area contributed by atoms with Gasteiger partial charge in [-0.15, -0.1) is 24.0 Å². The topological polar surface area (TPSA) is 77.0 Å². The first-order valence-electron chi connectivity index (χ1n) is 8.19. The van der Waals surface area contributed by atoms with Crippen molar-refractivity contribution < 1.29 is 27.4 Å². The highest BCUT2D eigenvalue weighted by Crippen LogP contribution is 2.29. The van der Waals surface area contributed by atoms with Gasteiger partial charge in [0, 0.05) is 37.6 Å². The first-order valence-corrected chi connectivity index (χ1v) is 8.19. The summed E-state index contributed by atoms with van der Waals surface area (Å²) in [6.07, 6.45) is -3.03. The number of nitrogens with zero attached hydrogens (tertiary/aromatic N) is 2. The highest BCUT2D eigenvalue weighted by atomic mass is 127. The Morgan fingerprint density at radius 2 is 1.83 bits per heavy atom. The van der Waals surface area contributed by atoms with Crippen LogP contribution < -0.4 is 24.8 Å². The fourth-order valence-corrected chi connectivity index (χ4v) is 2.21. The Kier molecular flexibility index (Phi) is 9.78. The van der Waals surface area contributed by atoms with Crippen LogP contribution in [-0.2, 0) is 6.54 Å². The molecule has 7 nitrogen and oxygen atoms in total. The lowest BCUT2D eigenvalue weighted by Crippen LogP contribution is -2.30. The van der Waals surface area contributed by atoms with Crippen molar-refractivity contribution in [2.75, 3.05) is 33.2 Å². The second-order valence-electron chi connectivity index (χ2n) is 5.53. The van der Waals surface area contributed by atoms with Gasteiger partial charge in [-0.2, -0.15) is 13.2 Å². The molecule has 0 radical (unpaired) electrons. The van der Waals surface area contributed by atoms with Crippen molar-refractivity contribution in [3.63, 3.8) is 0 Å². The molecule has 0 unspecified atom stereocenters. The minimum Gasteiger partial charge on any atom is -0.493 e. The summed E-state index contributed by atoms with van der Waals surface area (Å²) in [5.41, 5.74) is 1.40. The minimum atomic E-state index is -4.42. The van der Waals surface area contributed by atoms with E-state index in [9.17, 15) is 13.2 Å². The van der Waals surface area contributed by atoms with Crippen LogP contribution in [0.15, 0.2) is 41.5 Å². The SMILES string of the molecule is CN=C(NCc1ccnc(OCC(F)(F)F)c1)Nc1ccc(OC)c(OC)c1.I. The molecule has 1 heterocycles. The Morgan fingerprint density at radius 1 is 1.10 bits per heavy atom. The van der Waals surface area contributed by atoms with Crippen LogP contribution in [0.5, 0.6) is 17.4 Å². The third-order valence-corrected chi connectivity index (χ3v) is 3.51. The van der Waals surface area contributed by atoms with E-state index in [1.807, 2.05) is 0 Å². The number of halogens is 4. The van der Waals surface area contributed by atoms with Gasteiger partial charge in [-0.05, 0) is 23.8 Å². The van der Waals surface area contributed by atoms with E-state index in [4.69, 9.17) is 9.47 Å². The van der Waals surface area contributed by atoms with Crippen molar-refractivity contribution in [2.24, 2.45) is 4.99 Å². The van der Waals surface area contributed by atoms with Crippen LogP contribution in [0.2, 0.25) is 0 Å². The predicted octanol–water partition coefficient (Wildman–Crippen LogP) is 3.85. The molecule has 0 spiro atoms. The molecule has 0 saturated heterocycles. The molecular weight excluding hydrogens is 504 g/mol. The van der Waals surface area contributed by atoms with Gasteiger partial charge in [0.15, 0.2) is 24.1 Å². The molecule has 1 aromatic heterocycles. The molecule has 0 aliphatic rings. The first kappa shape index (κ1) is 24.6. The number of hydrogen-bond acceptors (Lipinski definition) is 5. The van der Waals surface area contributed by atoms with Gasteiger partial charge in [0.2, 0.25) is 5.88 Å². The van der Waals surface area contributed by atoms with E-state index in [0.717, 1.165) is 5.69 Å². The maximum absolute atomic E-state index is 12.2. The van der Waals surface area contributed by atoms with Crippen molar-refractivity contribution >= 4 is 35.6 Å². The van der Waals surface area contributed by atoms with E-state index in [-0.39, 0.29) is 29.9 Å². The zero-order valence-electron chi connectivity index (χ0n) is 16.0. The van der Waals surface area contributed by atoms with Gasteiger partial charge in [0.05, 0.1) is 14.2 Å². The summed E-state index contributed by atoms with van der Waals surface area (Å²) in [6, 6.07) is 8.39. The molecular formula is C18H22F3IN4O3. The largest absolute Gasteiger partial charge is 0.493 e. The van der Waals surface area contributed by atoms with Crippen LogP contribution in [0.3, 0.4) is 0 Å².